The molecule has 0 aliphatic rings. The largest absolute Gasteiger partial charge is 0.348 e. The van der Waals surface area contributed by atoms with Crippen molar-refractivity contribution in [1.82, 2.24) is 5.32 Å². The Balaban J connectivity index is 2.09. The predicted molar refractivity (Wildman–Crippen MR) is 75.7 cm³/mol. The molecule has 0 radical (unpaired) electrons. The molecular weight excluding hydrogens is 280 g/mol. The molecule has 20 heavy (non-hydrogen) atoms. The molecule has 0 bridgehead atoms. The van der Waals surface area contributed by atoms with Crippen molar-refractivity contribution in [2.75, 3.05) is 0 Å². The second kappa shape index (κ2) is 6.16. The van der Waals surface area contributed by atoms with Gasteiger partial charge < -0.3 is 5.32 Å². The molecule has 0 aromatic heterocycles. The van der Waals surface area contributed by atoms with Gasteiger partial charge in [-0.25, -0.2) is 0 Å². The molecule has 2 rings (SSSR count). The molecular formula is C14H11ClN2O3. The van der Waals surface area contributed by atoms with Crippen molar-refractivity contribution in [3.05, 3.63) is 74.8 Å². The molecule has 0 spiro atoms. The van der Waals surface area contributed by atoms with Crippen LogP contribution in [0.3, 0.4) is 0 Å². The van der Waals surface area contributed by atoms with Crippen molar-refractivity contribution >= 4 is 23.2 Å². The fourth-order valence-corrected chi connectivity index (χ4v) is 1.83. The van der Waals surface area contributed by atoms with Crippen LogP contribution in [0.4, 0.5) is 5.69 Å². The van der Waals surface area contributed by atoms with Crippen LogP contribution in [0, 0.1) is 10.1 Å². The highest BCUT2D eigenvalue weighted by atomic mass is 35.5. The lowest BCUT2D eigenvalue weighted by molar-refractivity contribution is -0.385. The van der Waals surface area contributed by atoms with Gasteiger partial charge in [0.15, 0.2) is 0 Å². The molecule has 1 amide bonds. The summed E-state index contributed by atoms with van der Waals surface area (Å²) in [6.07, 6.45) is 0. The van der Waals surface area contributed by atoms with E-state index in [0.717, 1.165) is 5.56 Å². The number of nitrogens with one attached hydrogen (secondary N) is 1. The van der Waals surface area contributed by atoms with Crippen LogP contribution in [-0.4, -0.2) is 10.8 Å². The first kappa shape index (κ1) is 14.0. The molecule has 102 valence electrons. The van der Waals surface area contributed by atoms with Crippen LogP contribution in [0.2, 0.25) is 5.02 Å². The van der Waals surface area contributed by atoms with E-state index >= 15 is 0 Å². The second-order valence-electron chi connectivity index (χ2n) is 4.08. The number of nitro groups is 1. The number of nitrogens with zero attached hydrogens (tertiary/aromatic N) is 1. The molecule has 0 fully saturated rings. The van der Waals surface area contributed by atoms with Crippen molar-refractivity contribution in [2.45, 2.75) is 6.54 Å². The number of rotatable bonds is 4. The predicted octanol–water partition coefficient (Wildman–Crippen LogP) is 3.18. The lowest BCUT2D eigenvalue weighted by Gasteiger charge is -2.06. The van der Waals surface area contributed by atoms with E-state index in [2.05, 4.69) is 5.32 Å². The SMILES string of the molecule is O=C(NCc1ccc(Cl)cc1)c1ccccc1[N+](=O)[O-]. The van der Waals surface area contributed by atoms with Gasteiger partial charge in [-0.05, 0) is 23.8 Å². The van der Waals surface area contributed by atoms with Gasteiger partial charge >= 0.3 is 0 Å². The lowest BCUT2D eigenvalue weighted by atomic mass is 10.1. The van der Waals surface area contributed by atoms with Gasteiger partial charge in [-0.1, -0.05) is 35.9 Å². The van der Waals surface area contributed by atoms with Crippen molar-refractivity contribution in [2.24, 2.45) is 0 Å². The minimum atomic E-state index is -0.572. The Morgan fingerprint density at radius 2 is 1.80 bits per heavy atom. The monoisotopic (exact) mass is 290 g/mol. The number of nitro benzene ring substituents is 1. The molecule has 0 atom stereocenters. The summed E-state index contributed by atoms with van der Waals surface area (Å²) >= 11 is 5.76. The summed E-state index contributed by atoms with van der Waals surface area (Å²) in [7, 11) is 0. The normalized spacial score (nSPS) is 10.1. The number of hydrogen-bond donors (Lipinski definition) is 1. The van der Waals surface area contributed by atoms with E-state index in [9.17, 15) is 14.9 Å². The highest BCUT2D eigenvalue weighted by Crippen LogP contribution is 2.17. The smallest absolute Gasteiger partial charge is 0.282 e. The molecule has 5 nitrogen and oxygen atoms in total. The Labute approximate surface area is 120 Å². The summed E-state index contributed by atoms with van der Waals surface area (Å²) in [6, 6.07) is 12.8. The molecule has 0 heterocycles. The van der Waals surface area contributed by atoms with Crippen LogP contribution in [0.15, 0.2) is 48.5 Å². The van der Waals surface area contributed by atoms with Gasteiger partial charge in [0, 0.05) is 17.6 Å². The Bertz CT molecular complexity index is 641. The van der Waals surface area contributed by atoms with E-state index < -0.39 is 10.8 Å². The van der Waals surface area contributed by atoms with Crippen LogP contribution < -0.4 is 5.32 Å². The van der Waals surface area contributed by atoms with Gasteiger partial charge in [-0.15, -0.1) is 0 Å². The van der Waals surface area contributed by atoms with E-state index in [1.165, 1.54) is 18.2 Å². The minimum Gasteiger partial charge on any atom is -0.348 e. The minimum absolute atomic E-state index is 0.0477. The van der Waals surface area contributed by atoms with Crippen LogP contribution >= 0.6 is 11.6 Å². The molecule has 0 saturated heterocycles. The van der Waals surface area contributed by atoms with Gasteiger partial charge in [0.2, 0.25) is 0 Å². The molecule has 0 saturated carbocycles. The summed E-state index contributed by atoms with van der Waals surface area (Å²) in [4.78, 5) is 22.2. The number of benzene rings is 2. The average molecular weight is 291 g/mol. The summed E-state index contributed by atoms with van der Waals surface area (Å²) in [6.45, 7) is 0.280. The number of hydrogen-bond acceptors (Lipinski definition) is 3. The Hall–Kier alpha value is -2.40. The number of carbonyl (C=O) groups excluding carboxylic acids is 1. The Kier molecular flexibility index (Phi) is 4.32. The highest BCUT2D eigenvalue weighted by Gasteiger charge is 2.18. The lowest BCUT2D eigenvalue weighted by Crippen LogP contribution is -2.23. The van der Waals surface area contributed by atoms with E-state index in [0.29, 0.717) is 5.02 Å². The molecule has 0 aliphatic heterocycles. The van der Waals surface area contributed by atoms with Gasteiger partial charge in [0.25, 0.3) is 11.6 Å². The van der Waals surface area contributed by atoms with Gasteiger partial charge in [-0.2, -0.15) is 0 Å². The summed E-state index contributed by atoms with van der Waals surface area (Å²) in [5.74, 6) is -0.479. The zero-order valence-corrected chi connectivity index (χ0v) is 11.1. The second-order valence-corrected chi connectivity index (χ2v) is 4.52. The van der Waals surface area contributed by atoms with E-state index in [4.69, 9.17) is 11.6 Å². The molecule has 6 heteroatoms. The zero-order chi connectivity index (χ0) is 14.5. The quantitative estimate of drug-likeness (QED) is 0.694. The van der Waals surface area contributed by atoms with Gasteiger partial charge in [0.1, 0.15) is 5.56 Å². The third-order valence-corrected chi connectivity index (χ3v) is 2.96. The Morgan fingerprint density at radius 1 is 1.15 bits per heavy atom. The van der Waals surface area contributed by atoms with Crippen molar-refractivity contribution < 1.29 is 9.72 Å². The van der Waals surface area contributed by atoms with E-state index in [1.54, 1.807) is 30.3 Å². The molecule has 0 aliphatic carbocycles. The number of carbonyl (C=O) groups is 1. The maximum absolute atomic E-state index is 12.0. The number of amides is 1. The molecule has 2 aromatic rings. The molecule has 1 N–H and O–H groups in total. The zero-order valence-electron chi connectivity index (χ0n) is 10.4. The van der Waals surface area contributed by atoms with Crippen molar-refractivity contribution in [1.29, 1.82) is 0 Å². The van der Waals surface area contributed by atoms with Gasteiger partial charge in [-0.3, -0.25) is 14.9 Å². The summed E-state index contributed by atoms with van der Waals surface area (Å²) in [5, 5.41) is 14.1. The Morgan fingerprint density at radius 3 is 2.45 bits per heavy atom. The first-order valence-corrected chi connectivity index (χ1v) is 6.22. The molecule has 0 unspecified atom stereocenters. The fraction of sp³-hybridized carbons (Fsp3) is 0.0714. The fourth-order valence-electron chi connectivity index (χ4n) is 1.70. The van der Waals surface area contributed by atoms with Crippen LogP contribution in [0.5, 0.6) is 0 Å². The first-order valence-electron chi connectivity index (χ1n) is 5.84. The standard InChI is InChI=1S/C14H11ClN2O3/c15-11-7-5-10(6-8-11)9-16-14(18)12-3-1-2-4-13(12)17(19)20/h1-8H,9H2,(H,16,18). The van der Waals surface area contributed by atoms with Gasteiger partial charge in [0.05, 0.1) is 4.92 Å². The number of halogens is 1. The maximum Gasteiger partial charge on any atom is 0.282 e. The van der Waals surface area contributed by atoms with Crippen LogP contribution in [0.1, 0.15) is 15.9 Å². The summed E-state index contributed by atoms with van der Waals surface area (Å²) in [5.41, 5.74) is 0.703. The number of para-hydroxylation sites is 1. The maximum atomic E-state index is 12.0. The topological polar surface area (TPSA) is 72.2 Å². The van der Waals surface area contributed by atoms with Crippen LogP contribution in [-0.2, 0) is 6.54 Å². The third-order valence-electron chi connectivity index (χ3n) is 2.71. The van der Waals surface area contributed by atoms with Crippen molar-refractivity contribution in [3.63, 3.8) is 0 Å². The third kappa shape index (κ3) is 3.33. The van der Waals surface area contributed by atoms with Crippen molar-refractivity contribution in [3.8, 4) is 0 Å². The van der Waals surface area contributed by atoms with E-state index in [-0.39, 0.29) is 17.8 Å². The first-order chi connectivity index (χ1) is 9.58. The average Bonchev–Trinajstić information content (AvgIpc) is 2.46. The summed E-state index contributed by atoms with van der Waals surface area (Å²) < 4.78 is 0. The van der Waals surface area contributed by atoms with Crippen LogP contribution in [0.25, 0.3) is 0 Å². The highest BCUT2D eigenvalue weighted by molar-refractivity contribution is 6.30. The van der Waals surface area contributed by atoms with E-state index in [1.807, 2.05) is 0 Å². The molecule has 2 aromatic carbocycles.